The Morgan fingerprint density at radius 2 is 1.73 bits per heavy atom. The second-order valence-corrected chi connectivity index (χ2v) is 7.75. The van der Waals surface area contributed by atoms with Gasteiger partial charge >= 0.3 is 6.03 Å². The lowest BCUT2D eigenvalue weighted by molar-refractivity contribution is -0.133. The van der Waals surface area contributed by atoms with E-state index >= 15 is 0 Å². The Morgan fingerprint density at radius 1 is 1.00 bits per heavy atom. The van der Waals surface area contributed by atoms with Crippen LogP contribution >= 0.6 is 0 Å². The van der Waals surface area contributed by atoms with Crippen molar-refractivity contribution < 1.29 is 23.9 Å². The molecule has 2 saturated heterocycles. The first-order valence-corrected chi connectivity index (χ1v) is 9.93. The summed E-state index contributed by atoms with van der Waals surface area (Å²) in [6.07, 6.45) is 0.776. The Bertz CT molecular complexity index is 1010. The number of urea groups is 1. The summed E-state index contributed by atoms with van der Waals surface area (Å²) in [4.78, 5) is 41.5. The zero-order valence-electron chi connectivity index (χ0n) is 16.3. The molecule has 1 N–H and O–H groups in total. The Hall–Kier alpha value is -3.55. The van der Waals surface area contributed by atoms with Crippen molar-refractivity contribution in [1.29, 1.82) is 0 Å². The quantitative estimate of drug-likeness (QED) is 0.788. The van der Waals surface area contributed by atoms with Crippen LogP contribution in [0, 0.1) is 0 Å². The van der Waals surface area contributed by atoms with Gasteiger partial charge in [0.05, 0.1) is 6.54 Å². The summed E-state index contributed by atoms with van der Waals surface area (Å²) in [5.41, 5.74) is 0.480. The van der Waals surface area contributed by atoms with Gasteiger partial charge in [0.15, 0.2) is 11.5 Å². The highest BCUT2D eigenvalue weighted by Crippen LogP contribution is 2.34. The van der Waals surface area contributed by atoms with Crippen LogP contribution in [-0.4, -0.2) is 53.1 Å². The van der Waals surface area contributed by atoms with Crippen LogP contribution in [-0.2, 0) is 11.3 Å². The molecule has 30 heavy (non-hydrogen) atoms. The topological polar surface area (TPSA) is 88.2 Å². The lowest BCUT2D eigenvalue weighted by Gasteiger charge is -2.37. The number of hydrogen-bond donors (Lipinski definition) is 1. The molecule has 2 fully saturated rings. The van der Waals surface area contributed by atoms with Gasteiger partial charge in [-0.3, -0.25) is 14.5 Å². The van der Waals surface area contributed by atoms with Crippen LogP contribution in [0.25, 0.3) is 0 Å². The average Bonchev–Trinajstić information content (AvgIpc) is 3.33. The second kappa shape index (κ2) is 7.05. The molecule has 1 spiro atoms. The van der Waals surface area contributed by atoms with Gasteiger partial charge in [-0.25, -0.2) is 4.79 Å². The Kier molecular flexibility index (Phi) is 4.34. The summed E-state index contributed by atoms with van der Waals surface area (Å²) in [5.74, 6) is 0.846. The van der Waals surface area contributed by atoms with Crippen LogP contribution in [0.5, 0.6) is 11.5 Å². The molecular weight excluding hydrogens is 386 g/mol. The number of fused-ring (bicyclic) bond motifs is 1. The van der Waals surface area contributed by atoms with Crippen LogP contribution in [0.15, 0.2) is 48.5 Å². The van der Waals surface area contributed by atoms with Gasteiger partial charge in [0.25, 0.3) is 11.8 Å². The molecule has 4 amide bonds. The van der Waals surface area contributed by atoms with Gasteiger partial charge in [0.2, 0.25) is 6.79 Å². The van der Waals surface area contributed by atoms with Crippen LogP contribution in [0.3, 0.4) is 0 Å². The smallest absolute Gasteiger partial charge is 0.325 e. The van der Waals surface area contributed by atoms with Crippen molar-refractivity contribution in [2.24, 2.45) is 0 Å². The fourth-order valence-corrected chi connectivity index (χ4v) is 4.23. The maximum Gasteiger partial charge on any atom is 0.325 e. The van der Waals surface area contributed by atoms with Crippen LogP contribution in [0.2, 0.25) is 0 Å². The van der Waals surface area contributed by atoms with Crippen LogP contribution in [0.1, 0.15) is 28.8 Å². The van der Waals surface area contributed by atoms with Gasteiger partial charge in [0.1, 0.15) is 5.54 Å². The summed E-state index contributed by atoms with van der Waals surface area (Å²) in [6.45, 7) is 1.17. The zero-order chi connectivity index (χ0) is 20.7. The highest BCUT2D eigenvalue weighted by molar-refractivity contribution is 6.07. The molecule has 3 aliphatic rings. The van der Waals surface area contributed by atoms with Gasteiger partial charge in [-0.05, 0) is 36.6 Å². The molecule has 0 bridgehead atoms. The third kappa shape index (κ3) is 3.04. The molecule has 154 valence electrons. The van der Waals surface area contributed by atoms with E-state index in [-0.39, 0.29) is 31.2 Å². The summed E-state index contributed by atoms with van der Waals surface area (Å²) in [7, 11) is 0. The fraction of sp³-hybridized carbons (Fsp3) is 0.318. The van der Waals surface area contributed by atoms with Crippen molar-refractivity contribution in [3.05, 3.63) is 59.7 Å². The van der Waals surface area contributed by atoms with E-state index in [0.29, 0.717) is 43.0 Å². The third-order valence-electron chi connectivity index (χ3n) is 5.95. The van der Waals surface area contributed by atoms with Gasteiger partial charge in [-0.1, -0.05) is 30.3 Å². The Balaban J connectivity index is 1.26. The molecule has 8 heteroatoms. The number of nitrogens with one attached hydrogen (secondary N) is 1. The minimum atomic E-state index is -0.933. The number of carbonyl (C=O) groups excluding carboxylic acids is 3. The molecule has 0 atom stereocenters. The number of likely N-dealkylation sites (tertiary alicyclic amines) is 1. The molecule has 0 aromatic heterocycles. The average molecular weight is 407 g/mol. The van der Waals surface area contributed by atoms with Crippen molar-refractivity contribution in [2.45, 2.75) is 24.9 Å². The first-order chi connectivity index (χ1) is 14.6. The van der Waals surface area contributed by atoms with E-state index in [4.69, 9.17) is 9.47 Å². The number of hydrogen-bond acceptors (Lipinski definition) is 5. The number of nitrogens with zero attached hydrogens (tertiary/aromatic N) is 2. The monoisotopic (exact) mass is 407 g/mol. The van der Waals surface area contributed by atoms with Gasteiger partial charge < -0.3 is 19.7 Å². The number of imide groups is 1. The predicted molar refractivity (Wildman–Crippen MR) is 106 cm³/mol. The summed E-state index contributed by atoms with van der Waals surface area (Å²) >= 11 is 0. The first-order valence-electron chi connectivity index (χ1n) is 9.93. The highest BCUT2D eigenvalue weighted by Gasteiger charge is 2.52. The fourth-order valence-electron chi connectivity index (χ4n) is 4.23. The van der Waals surface area contributed by atoms with Gasteiger partial charge in [0, 0.05) is 18.7 Å². The number of piperidine rings is 1. The van der Waals surface area contributed by atoms with Crippen molar-refractivity contribution in [2.75, 3.05) is 19.9 Å². The van der Waals surface area contributed by atoms with E-state index in [9.17, 15) is 14.4 Å². The molecule has 0 radical (unpaired) electrons. The van der Waals surface area contributed by atoms with E-state index in [2.05, 4.69) is 5.32 Å². The van der Waals surface area contributed by atoms with E-state index in [0.717, 1.165) is 5.56 Å². The first kappa shape index (κ1) is 18.5. The van der Waals surface area contributed by atoms with E-state index in [1.165, 1.54) is 4.90 Å². The van der Waals surface area contributed by atoms with Gasteiger partial charge in [-0.15, -0.1) is 0 Å². The van der Waals surface area contributed by atoms with Crippen molar-refractivity contribution in [3.8, 4) is 11.5 Å². The number of ether oxygens (including phenoxy) is 2. The molecule has 3 aliphatic heterocycles. The normalized spacial score (nSPS) is 19.3. The SMILES string of the molecule is O=C(c1ccc2c(c1)OCO2)N1CCC2(CC1)NC(=O)N(Cc1ccccc1)C2=O. The Labute approximate surface area is 173 Å². The van der Waals surface area contributed by atoms with Crippen LogP contribution < -0.4 is 14.8 Å². The number of amides is 4. The highest BCUT2D eigenvalue weighted by atomic mass is 16.7. The third-order valence-corrected chi connectivity index (χ3v) is 5.95. The maximum absolute atomic E-state index is 13.1. The molecule has 0 saturated carbocycles. The van der Waals surface area contributed by atoms with Crippen molar-refractivity contribution in [1.82, 2.24) is 15.1 Å². The molecule has 8 nitrogen and oxygen atoms in total. The molecule has 0 unspecified atom stereocenters. The van der Waals surface area contributed by atoms with Crippen LogP contribution in [0.4, 0.5) is 4.79 Å². The molecule has 5 rings (SSSR count). The summed E-state index contributed by atoms with van der Waals surface area (Å²) < 4.78 is 10.6. The Morgan fingerprint density at radius 3 is 2.50 bits per heavy atom. The van der Waals surface area contributed by atoms with Crippen molar-refractivity contribution in [3.63, 3.8) is 0 Å². The van der Waals surface area contributed by atoms with Gasteiger partial charge in [-0.2, -0.15) is 0 Å². The summed E-state index contributed by atoms with van der Waals surface area (Å²) in [6, 6.07) is 14.2. The maximum atomic E-state index is 13.1. The molecule has 3 heterocycles. The number of carbonyl (C=O) groups is 3. The summed E-state index contributed by atoms with van der Waals surface area (Å²) in [5, 5.41) is 2.89. The standard InChI is InChI=1S/C22H21N3O5/c26-19(16-6-7-17-18(12-16)30-14-29-17)24-10-8-22(9-11-24)20(27)25(21(28)23-22)13-15-4-2-1-3-5-15/h1-7,12H,8-11,13-14H2,(H,23,28). The number of benzene rings is 2. The molecule has 2 aromatic rings. The number of rotatable bonds is 3. The molecule has 2 aromatic carbocycles. The minimum absolute atomic E-state index is 0.124. The lowest BCUT2D eigenvalue weighted by Crippen LogP contribution is -2.55. The molecular formula is C22H21N3O5. The largest absolute Gasteiger partial charge is 0.454 e. The lowest BCUT2D eigenvalue weighted by atomic mass is 9.87. The minimum Gasteiger partial charge on any atom is -0.454 e. The van der Waals surface area contributed by atoms with E-state index in [1.807, 2.05) is 30.3 Å². The zero-order valence-corrected chi connectivity index (χ0v) is 16.3. The van der Waals surface area contributed by atoms with Crippen molar-refractivity contribution >= 4 is 17.8 Å². The van der Waals surface area contributed by atoms with E-state index in [1.54, 1.807) is 23.1 Å². The van der Waals surface area contributed by atoms with E-state index < -0.39 is 5.54 Å². The predicted octanol–water partition coefficient (Wildman–Crippen LogP) is 2.14. The molecule has 0 aliphatic carbocycles. The second-order valence-electron chi connectivity index (χ2n) is 7.75.